The molecule has 2 rings (SSSR count). The second-order valence-corrected chi connectivity index (χ2v) is 8.04. The topological polar surface area (TPSA) is 102 Å². The fraction of sp³-hybridized carbons (Fsp3) is 0.278. The first kappa shape index (κ1) is 22.8. The van der Waals surface area contributed by atoms with E-state index in [9.17, 15) is 13.2 Å². The minimum atomic E-state index is -3.59. The van der Waals surface area contributed by atoms with Crippen molar-refractivity contribution in [3.8, 4) is 5.75 Å². The fourth-order valence-corrected chi connectivity index (χ4v) is 3.55. The number of benzene rings is 2. The SMILES string of the molecule is COc1ccc(N)c(NC(=O)c2ccc(S(=O)(=O)N(C)C(C)C)cc2)c1.Cl. The molecule has 0 bridgehead atoms. The number of carbonyl (C=O) groups is 1. The van der Waals surface area contributed by atoms with Crippen LogP contribution in [0, 0.1) is 0 Å². The molecular weight excluding hydrogens is 390 g/mol. The maximum atomic E-state index is 12.5. The van der Waals surface area contributed by atoms with E-state index >= 15 is 0 Å². The van der Waals surface area contributed by atoms with Crippen molar-refractivity contribution >= 4 is 39.7 Å². The zero-order valence-corrected chi connectivity index (χ0v) is 17.2. The molecule has 148 valence electrons. The molecule has 0 radical (unpaired) electrons. The Balaban J connectivity index is 0.00000364. The predicted octanol–water partition coefficient (Wildman–Crippen LogP) is 2.98. The number of rotatable bonds is 6. The number of ether oxygens (including phenoxy) is 1. The van der Waals surface area contributed by atoms with Crippen LogP contribution < -0.4 is 15.8 Å². The molecule has 0 aliphatic carbocycles. The van der Waals surface area contributed by atoms with Crippen LogP contribution in [0.1, 0.15) is 24.2 Å². The summed E-state index contributed by atoms with van der Waals surface area (Å²) in [5.41, 5.74) is 7.00. The van der Waals surface area contributed by atoms with Crippen LogP contribution in [-0.4, -0.2) is 38.8 Å². The van der Waals surface area contributed by atoms with E-state index in [4.69, 9.17) is 10.5 Å². The van der Waals surface area contributed by atoms with Gasteiger partial charge in [0.2, 0.25) is 10.0 Å². The lowest BCUT2D eigenvalue weighted by molar-refractivity contribution is 0.102. The van der Waals surface area contributed by atoms with Crippen molar-refractivity contribution < 1.29 is 17.9 Å². The summed E-state index contributed by atoms with van der Waals surface area (Å²) in [6.45, 7) is 3.58. The lowest BCUT2D eigenvalue weighted by Crippen LogP contribution is -2.33. The Hall–Kier alpha value is -2.29. The molecule has 0 atom stereocenters. The van der Waals surface area contributed by atoms with Gasteiger partial charge in [0, 0.05) is 24.7 Å². The standard InChI is InChI=1S/C18H23N3O4S.ClH/c1-12(2)21(3)26(23,24)15-8-5-13(6-9-15)18(22)20-17-11-14(25-4)7-10-16(17)19;/h5-12H,19H2,1-4H3,(H,20,22);1H. The van der Waals surface area contributed by atoms with Crippen molar-refractivity contribution in [3.63, 3.8) is 0 Å². The molecule has 7 nitrogen and oxygen atoms in total. The number of nitrogens with zero attached hydrogens (tertiary/aromatic N) is 1. The average Bonchev–Trinajstić information content (AvgIpc) is 2.62. The van der Waals surface area contributed by atoms with Crippen LogP contribution in [-0.2, 0) is 10.0 Å². The molecule has 0 aromatic heterocycles. The molecule has 0 aliphatic rings. The van der Waals surface area contributed by atoms with E-state index in [1.807, 2.05) is 0 Å². The van der Waals surface area contributed by atoms with Gasteiger partial charge in [0.25, 0.3) is 5.91 Å². The van der Waals surface area contributed by atoms with Gasteiger partial charge >= 0.3 is 0 Å². The summed E-state index contributed by atoms with van der Waals surface area (Å²) in [4.78, 5) is 12.5. The van der Waals surface area contributed by atoms with Crippen molar-refractivity contribution in [1.29, 1.82) is 0 Å². The van der Waals surface area contributed by atoms with Crippen LogP contribution in [0.4, 0.5) is 11.4 Å². The largest absolute Gasteiger partial charge is 0.497 e. The van der Waals surface area contributed by atoms with Gasteiger partial charge in [0.1, 0.15) is 5.75 Å². The summed E-state index contributed by atoms with van der Waals surface area (Å²) >= 11 is 0. The molecule has 3 N–H and O–H groups in total. The van der Waals surface area contributed by atoms with Crippen LogP contribution in [0.2, 0.25) is 0 Å². The molecule has 0 aliphatic heterocycles. The number of nitrogens with one attached hydrogen (secondary N) is 1. The van der Waals surface area contributed by atoms with E-state index in [2.05, 4.69) is 5.32 Å². The second-order valence-electron chi connectivity index (χ2n) is 6.05. The third-order valence-electron chi connectivity index (χ3n) is 4.03. The van der Waals surface area contributed by atoms with Gasteiger partial charge in [-0.15, -0.1) is 12.4 Å². The van der Waals surface area contributed by atoms with Crippen molar-refractivity contribution in [3.05, 3.63) is 48.0 Å². The van der Waals surface area contributed by atoms with Crippen LogP contribution >= 0.6 is 12.4 Å². The molecule has 0 fully saturated rings. The highest BCUT2D eigenvalue weighted by Gasteiger charge is 2.23. The Labute approximate surface area is 166 Å². The zero-order valence-electron chi connectivity index (χ0n) is 15.6. The summed E-state index contributed by atoms with van der Waals surface area (Å²) in [6.07, 6.45) is 0. The molecule has 0 saturated carbocycles. The number of sulfonamides is 1. The van der Waals surface area contributed by atoms with E-state index in [1.165, 1.54) is 42.7 Å². The number of anilines is 2. The van der Waals surface area contributed by atoms with Gasteiger partial charge in [-0.05, 0) is 50.2 Å². The van der Waals surface area contributed by atoms with Crippen LogP contribution in [0.3, 0.4) is 0 Å². The Bertz CT molecular complexity index is 899. The van der Waals surface area contributed by atoms with Crippen molar-refractivity contribution in [1.82, 2.24) is 4.31 Å². The van der Waals surface area contributed by atoms with Crippen molar-refractivity contribution in [2.24, 2.45) is 0 Å². The van der Waals surface area contributed by atoms with Crippen LogP contribution in [0.15, 0.2) is 47.4 Å². The van der Waals surface area contributed by atoms with Crippen molar-refractivity contribution in [2.75, 3.05) is 25.2 Å². The minimum Gasteiger partial charge on any atom is -0.497 e. The monoisotopic (exact) mass is 413 g/mol. The molecule has 0 saturated heterocycles. The van der Waals surface area contributed by atoms with Crippen LogP contribution in [0.5, 0.6) is 5.75 Å². The number of hydrogen-bond acceptors (Lipinski definition) is 5. The van der Waals surface area contributed by atoms with Crippen LogP contribution in [0.25, 0.3) is 0 Å². The summed E-state index contributed by atoms with van der Waals surface area (Å²) in [7, 11) is -0.552. The number of hydrogen-bond donors (Lipinski definition) is 2. The smallest absolute Gasteiger partial charge is 0.255 e. The van der Waals surface area contributed by atoms with Gasteiger partial charge in [-0.2, -0.15) is 4.31 Å². The first-order chi connectivity index (χ1) is 12.2. The first-order valence-corrected chi connectivity index (χ1v) is 9.43. The van der Waals surface area contributed by atoms with Gasteiger partial charge in [0.15, 0.2) is 0 Å². The van der Waals surface area contributed by atoms with E-state index < -0.39 is 15.9 Å². The predicted molar refractivity (Wildman–Crippen MR) is 109 cm³/mol. The molecule has 2 aromatic carbocycles. The Morgan fingerprint density at radius 1 is 1.15 bits per heavy atom. The lowest BCUT2D eigenvalue weighted by Gasteiger charge is -2.21. The van der Waals surface area contributed by atoms with Gasteiger partial charge in [-0.1, -0.05) is 0 Å². The normalized spacial score (nSPS) is 11.2. The molecule has 0 heterocycles. The highest BCUT2D eigenvalue weighted by Crippen LogP contribution is 2.25. The number of amides is 1. The third-order valence-corrected chi connectivity index (χ3v) is 6.08. The molecular formula is C18H24ClN3O4S. The van der Waals surface area contributed by atoms with E-state index in [-0.39, 0.29) is 23.3 Å². The number of nitrogens with two attached hydrogens (primary N) is 1. The summed E-state index contributed by atoms with van der Waals surface area (Å²) in [5.74, 6) is 0.166. The Morgan fingerprint density at radius 2 is 1.74 bits per heavy atom. The molecule has 1 amide bonds. The fourth-order valence-electron chi connectivity index (χ4n) is 2.19. The quantitative estimate of drug-likeness (QED) is 0.709. The summed E-state index contributed by atoms with van der Waals surface area (Å²) in [5, 5.41) is 2.70. The average molecular weight is 414 g/mol. The number of nitrogen functional groups attached to an aromatic ring is 1. The summed E-state index contributed by atoms with van der Waals surface area (Å²) < 4.78 is 31.3. The Kier molecular flexibility index (Phi) is 7.65. The van der Waals surface area contributed by atoms with Crippen molar-refractivity contribution in [2.45, 2.75) is 24.8 Å². The second kappa shape index (κ2) is 9.07. The lowest BCUT2D eigenvalue weighted by atomic mass is 10.2. The van der Waals surface area contributed by atoms with E-state index in [1.54, 1.807) is 32.0 Å². The Morgan fingerprint density at radius 3 is 2.26 bits per heavy atom. The minimum absolute atomic E-state index is 0. The maximum absolute atomic E-state index is 12.5. The van der Waals surface area contributed by atoms with E-state index in [0.717, 1.165) is 0 Å². The molecule has 9 heteroatoms. The third kappa shape index (κ3) is 5.12. The van der Waals surface area contributed by atoms with Gasteiger partial charge in [-0.25, -0.2) is 8.42 Å². The number of methoxy groups -OCH3 is 1. The highest BCUT2D eigenvalue weighted by atomic mass is 35.5. The van der Waals surface area contributed by atoms with Gasteiger partial charge in [-0.3, -0.25) is 4.79 Å². The first-order valence-electron chi connectivity index (χ1n) is 7.99. The van der Waals surface area contributed by atoms with E-state index in [0.29, 0.717) is 22.7 Å². The summed E-state index contributed by atoms with van der Waals surface area (Å²) in [6, 6.07) is 10.5. The number of halogens is 1. The molecule has 2 aromatic rings. The zero-order chi connectivity index (χ0) is 19.5. The highest BCUT2D eigenvalue weighted by molar-refractivity contribution is 7.89. The molecule has 0 unspecified atom stereocenters. The van der Waals surface area contributed by atoms with Gasteiger partial charge < -0.3 is 15.8 Å². The van der Waals surface area contributed by atoms with Gasteiger partial charge in [0.05, 0.1) is 23.4 Å². The molecule has 27 heavy (non-hydrogen) atoms. The molecule has 0 spiro atoms. The number of carbonyl (C=O) groups excluding carboxylic acids is 1. The maximum Gasteiger partial charge on any atom is 0.255 e.